The van der Waals surface area contributed by atoms with Gasteiger partial charge in [0.15, 0.2) is 0 Å². The molecule has 0 unspecified atom stereocenters. The summed E-state index contributed by atoms with van der Waals surface area (Å²) in [6.07, 6.45) is 0. The molecule has 86 valence electrons. The molecule has 1 aromatic rings. The van der Waals surface area contributed by atoms with Crippen LogP contribution in [-0.4, -0.2) is 28.7 Å². The molecule has 0 bridgehead atoms. The van der Waals surface area contributed by atoms with Crippen LogP contribution in [0.1, 0.15) is 13.8 Å². The fraction of sp³-hybridized carbons (Fsp3) is 0.417. The number of carbonyl (C=O) groups excluding carboxylic acids is 1. The van der Waals surface area contributed by atoms with Crippen molar-refractivity contribution >= 4 is 23.5 Å². The molecule has 2 rings (SSSR count). The number of benzene rings is 1. The van der Waals surface area contributed by atoms with Crippen molar-refractivity contribution in [3.8, 4) is 0 Å². The van der Waals surface area contributed by atoms with E-state index in [0.29, 0.717) is 0 Å². The maximum Gasteiger partial charge on any atom is 0.326 e. The molecule has 1 fully saturated rings. The first kappa shape index (κ1) is 11.3. The number of anilines is 1. The van der Waals surface area contributed by atoms with Gasteiger partial charge in [0.25, 0.3) is 0 Å². The number of nitrogens with zero attached hydrogens (tertiary/aromatic N) is 2. The maximum absolute atomic E-state index is 12.2. The van der Waals surface area contributed by atoms with Crippen LogP contribution in [-0.2, 0) is 0 Å². The van der Waals surface area contributed by atoms with Gasteiger partial charge in [-0.2, -0.15) is 0 Å². The number of urea groups is 1. The predicted molar refractivity (Wildman–Crippen MR) is 68.6 cm³/mol. The highest BCUT2D eigenvalue weighted by Gasteiger charge is 2.28. The van der Waals surface area contributed by atoms with E-state index in [-0.39, 0.29) is 12.1 Å². The molecule has 1 aliphatic heterocycles. The van der Waals surface area contributed by atoms with Gasteiger partial charge in [0.1, 0.15) is 0 Å². The molecule has 1 saturated heterocycles. The summed E-state index contributed by atoms with van der Waals surface area (Å²) in [5.74, 6) is 1.53. The number of para-hydroxylation sites is 1. The third-order valence-corrected chi connectivity index (χ3v) is 3.52. The Hall–Kier alpha value is -1.16. The quantitative estimate of drug-likeness (QED) is 0.788. The van der Waals surface area contributed by atoms with Crippen LogP contribution >= 0.6 is 11.8 Å². The number of hydrogen-bond acceptors (Lipinski definition) is 2. The van der Waals surface area contributed by atoms with Crippen LogP contribution in [0.15, 0.2) is 30.3 Å². The van der Waals surface area contributed by atoms with Gasteiger partial charge in [0.2, 0.25) is 0 Å². The van der Waals surface area contributed by atoms with Gasteiger partial charge in [-0.1, -0.05) is 18.2 Å². The summed E-state index contributed by atoms with van der Waals surface area (Å²) in [5.41, 5.74) is 0.977. The summed E-state index contributed by atoms with van der Waals surface area (Å²) in [7, 11) is 0. The lowest BCUT2D eigenvalue weighted by molar-refractivity contribution is 0.200. The van der Waals surface area contributed by atoms with E-state index >= 15 is 0 Å². The molecule has 0 N–H and O–H groups in total. The average molecular weight is 236 g/mol. The minimum absolute atomic E-state index is 0.111. The van der Waals surface area contributed by atoms with Gasteiger partial charge >= 0.3 is 6.03 Å². The summed E-state index contributed by atoms with van der Waals surface area (Å²) in [4.78, 5) is 15.9. The van der Waals surface area contributed by atoms with Crippen molar-refractivity contribution in [3.63, 3.8) is 0 Å². The Balaban J connectivity index is 2.20. The van der Waals surface area contributed by atoms with Crippen molar-refractivity contribution in [1.29, 1.82) is 0 Å². The normalized spacial score (nSPS) is 17.1. The molecule has 0 saturated carbocycles. The Morgan fingerprint density at radius 3 is 2.50 bits per heavy atom. The van der Waals surface area contributed by atoms with Gasteiger partial charge in [0, 0.05) is 11.7 Å². The molecule has 0 radical (unpaired) electrons. The van der Waals surface area contributed by atoms with Crippen LogP contribution in [0.4, 0.5) is 10.5 Å². The second-order valence-corrected chi connectivity index (χ2v) is 5.00. The van der Waals surface area contributed by atoms with Crippen LogP contribution in [0.3, 0.4) is 0 Å². The molecular formula is C12H16N2OS. The first-order valence-corrected chi connectivity index (χ1v) is 6.56. The van der Waals surface area contributed by atoms with Gasteiger partial charge in [-0.05, 0) is 26.0 Å². The summed E-state index contributed by atoms with van der Waals surface area (Å²) >= 11 is 1.77. The largest absolute Gasteiger partial charge is 0.326 e. The van der Waals surface area contributed by atoms with Crippen LogP contribution in [0, 0.1) is 0 Å². The Morgan fingerprint density at radius 2 is 1.88 bits per heavy atom. The van der Waals surface area contributed by atoms with Gasteiger partial charge in [-0.25, -0.2) is 4.79 Å². The number of rotatable bonds is 2. The number of hydrogen-bond donors (Lipinski definition) is 0. The molecule has 1 aromatic carbocycles. The first-order chi connectivity index (χ1) is 7.70. The van der Waals surface area contributed by atoms with Crippen molar-refractivity contribution in [3.05, 3.63) is 30.3 Å². The van der Waals surface area contributed by atoms with Crippen LogP contribution in [0.2, 0.25) is 0 Å². The van der Waals surface area contributed by atoms with E-state index in [2.05, 4.69) is 0 Å². The van der Waals surface area contributed by atoms with E-state index in [4.69, 9.17) is 0 Å². The van der Waals surface area contributed by atoms with E-state index in [0.717, 1.165) is 17.4 Å². The number of amides is 2. The molecule has 2 amide bonds. The van der Waals surface area contributed by atoms with Gasteiger partial charge in [-0.15, -0.1) is 11.8 Å². The molecule has 0 aromatic heterocycles. The Kier molecular flexibility index (Phi) is 3.39. The maximum atomic E-state index is 12.2. The molecule has 16 heavy (non-hydrogen) atoms. The molecule has 0 aliphatic carbocycles. The molecule has 1 aliphatic rings. The van der Waals surface area contributed by atoms with Crippen LogP contribution in [0.5, 0.6) is 0 Å². The molecule has 1 heterocycles. The van der Waals surface area contributed by atoms with Crippen LogP contribution < -0.4 is 4.90 Å². The fourth-order valence-electron chi connectivity index (χ4n) is 1.66. The third kappa shape index (κ3) is 2.16. The first-order valence-electron chi connectivity index (χ1n) is 5.41. The molecule has 0 spiro atoms. The van der Waals surface area contributed by atoms with Crippen molar-refractivity contribution < 1.29 is 4.79 Å². The highest BCUT2D eigenvalue weighted by atomic mass is 32.2. The smallest absolute Gasteiger partial charge is 0.313 e. The zero-order valence-electron chi connectivity index (χ0n) is 9.59. The highest BCUT2D eigenvalue weighted by molar-refractivity contribution is 7.99. The molecule has 4 heteroatoms. The van der Waals surface area contributed by atoms with E-state index in [1.807, 2.05) is 54.0 Å². The zero-order chi connectivity index (χ0) is 11.5. The average Bonchev–Trinajstić information content (AvgIpc) is 2.30. The standard InChI is InChI=1S/C12H16N2OS/c1-10(2)13-8-16-9-14(12(13)15)11-6-4-3-5-7-11/h3-7,10H,8-9H2,1-2H3. The van der Waals surface area contributed by atoms with E-state index in [9.17, 15) is 4.79 Å². The number of thioether (sulfide) groups is 1. The molecular weight excluding hydrogens is 220 g/mol. The lowest BCUT2D eigenvalue weighted by Crippen LogP contribution is -2.50. The van der Waals surface area contributed by atoms with Crippen LogP contribution in [0.25, 0.3) is 0 Å². The number of carbonyl (C=O) groups is 1. The lowest BCUT2D eigenvalue weighted by atomic mass is 10.3. The topological polar surface area (TPSA) is 23.6 Å². The Morgan fingerprint density at radius 1 is 1.19 bits per heavy atom. The second kappa shape index (κ2) is 4.78. The lowest BCUT2D eigenvalue weighted by Gasteiger charge is -2.37. The van der Waals surface area contributed by atoms with Crippen molar-refractivity contribution in [2.24, 2.45) is 0 Å². The Bertz CT molecular complexity index is 367. The summed E-state index contributed by atoms with van der Waals surface area (Å²) in [6.45, 7) is 4.10. The molecule has 0 atom stereocenters. The Labute approximate surface area is 100 Å². The zero-order valence-corrected chi connectivity index (χ0v) is 10.4. The minimum atomic E-state index is 0.111. The second-order valence-electron chi connectivity index (χ2n) is 4.07. The van der Waals surface area contributed by atoms with Gasteiger partial charge < -0.3 is 4.90 Å². The van der Waals surface area contributed by atoms with Crippen molar-refractivity contribution in [2.75, 3.05) is 16.7 Å². The summed E-state index contributed by atoms with van der Waals surface area (Å²) in [6, 6.07) is 10.2. The predicted octanol–water partition coefficient (Wildman–Crippen LogP) is 2.99. The third-order valence-electron chi connectivity index (χ3n) is 2.62. The monoisotopic (exact) mass is 236 g/mol. The van der Waals surface area contributed by atoms with Crippen molar-refractivity contribution in [2.45, 2.75) is 19.9 Å². The van der Waals surface area contributed by atoms with E-state index in [1.54, 1.807) is 11.8 Å². The SMILES string of the molecule is CC(C)N1CSCN(c2ccccc2)C1=O. The minimum Gasteiger partial charge on any atom is -0.313 e. The fourth-order valence-corrected chi connectivity index (χ4v) is 2.79. The van der Waals surface area contributed by atoms with E-state index in [1.165, 1.54) is 0 Å². The summed E-state index contributed by atoms with van der Waals surface area (Å²) < 4.78 is 0. The van der Waals surface area contributed by atoms with E-state index < -0.39 is 0 Å². The van der Waals surface area contributed by atoms with Crippen molar-refractivity contribution in [1.82, 2.24) is 4.90 Å². The summed E-state index contributed by atoms with van der Waals surface area (Å²) in [5, 5.41) is 0. The highest BCUT2D eigenvalue weighted by Crippen LogP contribution is 2.25. The van der Waals surface area contributed by atoms with Gasteiger partial charge in [0.05, 0.1) is 11.8 Å². The molecule has 3 nitrogen and oxygen atoms in total. The van der Waals surface area contributed by atoms with Gasteiger partial charge in [-0.3, -0.25) is 4.90 Å².